The van der Waals surface area contributed by atoms with Gasteiger partial charge in [-0.2, -0.15) is 0 Å². The third-order valence-electron chi connectivity index (χ3n) is 5.03. The zero-order valence-electron chi connectivity index (χ0n) is 13.9. The highest BCUT2D eigenvalue weighted by Gasteiger charge is 2.41. The molecule has 1 fully saturated rings. The van der Waals surface area contributed by atoms with Gasteiger partial charge in [0.15, 0.2) is 0 Å². The maximum absolute atomic E-state index is 6.22. The number of anilines is 1. The van der Waals surface area contributed by atoms with Crippen LogP contribution in [0, 0.1) is 5.92 Å². The molecule has 1 N–H and O–H groups in total. The Morgan fingerprint density at radius 1 is 1.30 bits per heavy atom. The van der Waals surface area contributed by atoms with Crippen LogP contribution < -0.4 is 5.32 Å². The Bertz CT molecular complexity index is 693. The standard InChI is InChI=1S/C18H23N3OS/c1-18(2,3)11-6-7-14-13(9-11)17-12(5-4-8-22-17)16(19-14)15-10-23-21-20-15/h6-7,9-10,12,16-17,19H,4-5,8H2,1-3H3. The predicted octanol–water partition coefficient (Wildman–Crippen LogP) is 4.47. The topological polar surface area (TPSA) is 47.0 Å². The molecule has 122 valence electrons. The maximum atomic E-state index is 6.22. The van der Waals surface area contributed by atoms with Gasteiger partial charge in [0.05, 0.1) is 17.8 Å². The summed E-state index contributed by atoms with van der Waals surface area (Å²) in [5.41, 5.74) is 5.04. The monoisotopic (exact) mass is 329 g/mol. The minimum atomic E-state index is 0.148. The first-order valence-corrected chi connectivity index (χ1v) is 9.17. The highest BCUT2D eigenvalue weighted by Crippen LogP contribution is 2.49. The first kappa shape index (κ1) is 15.1. The number of nitrogens with zero attached hydrogens (tertiary/aromatic N) is 2. The fourth-order valence-electron chi connectivity index (χ4n) is 3.74. The number of nitrogens with one attached hydrogen (secondary N) is 1. The highest BCUT2D eigenvalue weighted by atomic mass is 32.1. The van der Waals surface area contributed by atoms with E-state index in [2.05, 4.69) is 59.3 Å². The molecule has 1 aromatic carbocycles. The van der Waals surface area contributed by atoms with Crippen molar-refractivity contribution in [2.24, 2.45) is 5.92 Å². The summed E-state index contributed by atoms with van der Waals surface area (Å²) in [6.45, 7) is 7.62. The van der Waals surface area contributed by atoms with Crippen molar-refractivity contribution in [3.63, 3.8) is 0 Å². The summed E-state index contributed by atoms with van der Waals surface area (Å²) in [5.74, 6) is 0.426. The number of ether oxygens (including phenoxy) is 1. The third kappa shape index (κ3) is 2.66. The van der Waals surface area contributed by atoms with Crippen molar-refractivity contribution in [1.29, 1.82) is 0 Å². The van der Waals surface area contributed by atoms with Crippen LogP contribution in [-0.4, -0.2) is 16.2 Å². The van der Waals surface area contributed by atoms with E-state index in [0.29, 0.717) is 5.92 Å². The number of rotatable bonds is 1. The lowest BCUT2D eigenvalue weighted by molar-refractivity contribution is -0.0386. The van der Waals surface area contributed by atoms with E-state index in [4.69, 9.17) is 4.74 Å². The van der Waals surface area contributed by atoms with Gasteiger partial charge in [-0.15, -0.1) is 5.10 Å². The second-order valence-electron chi connectivity index (χ2n) is 7.60. The van der Waals surface area contributed by atoms with Crippen molar-refractivity contribution in [1.82, 2.24) is 9.59 Å². The summed E-state index contributed by atoms with van der Waals surface area (Å²) < 4.78 is 10.3. The van der Waals surface area contributed by atoms with Gasteiger partial charge in [-0.1, -0.05) is 37.4 Å². The number of fused-ring (bicyclic) bond motifs is 3. The molecule has 3 atom stereocenters. The average molecular weight is 329 g/mol. The molecule has 4 nitrogen and oxygen atoms in total. The first-order chi connectivity index (χ1) is 11.0. The van der Waals surface area contributed by atoms with Crippen LogP contribution in [-0.2, 0) is 10.2 Å². The van der Waals surface area contributed by atoms with Gasteiger partial charge in [0, 0.05) is 29.2 Å². The lowest BCUT2D eigenvalue weighted by atomic mass is 9.77. The van der Waals surface area contributed by atoms with Crippen LogP contribution in [0.25, 0.3) is 0 Å². The van der Waals surface area contributed by atoms with Crippen molar-refractivity contribution < 1.29 is 4.74 Å². The Labute approximate surface area is 141 Å². The molecular formula is C18H23N3OS. The molecular weight excluding hydrogens is 306 g/mol. The van der Waals surface area contributed by atoms with E-state index in [1.54, 1.807) is 0 Å². The maximum Gasteiger partial charge on any atom is 0.0981 e. The highest BCUT2D eigenvalue weighted by molar-refractivity contribution is 7.03. The molecule has 0 bridgehead atoms. The summed E-state index contributed by atoms with van der Waals surface area (Å²) in [6, 6.07) is 6.97. The third-order valence-corrected chi connectivity index (χ3v) is 5.55. The Morgan fingerprint density at radius 2 is 2.17 bits per heavy atom. The minimum Gasteiger partial charge on any atom is -0.376 e. The summed E-state index contributed by atoms with van der Waals surface area (Å²) in [6.07, 6.45) is 2.44. The van der Waals surface area contributed by atoms with Gasteiger partial charge in [0.2, 0.25) is 0 Å². The molecule has 2 aliphatic rings. The van der Waals surface area contributed by atoms with Crippen LogP contribution in [0.1, 0.15) is 62.6 Å². The Hall–Kier alpha value is -1.46. The van der Waals surface area contributed by atoms with Crippen molar-refractivity contribution in [2.75, 3.05) is 11.9 Å². The molecule has 3 unspecified atom stereocenters. The fraction of sp³-hybridized carbons (Fsp3) is 0.556. The molecule has 2 aliphatic heterocycles. The van der Waals surface area contributed by atoms with E-state index >= 15 is 0 Å². The molecule has 2 aromatic rings. The first-order valence-electron chi connectivity index (χ1n) is 8.33. The van der Waals surface area contributed by atoms with E-state index < -0.39 is 0 Å². The van der Waals surface area contributed by atoms with Gasteiger partial charge < -0.3 is 10.1 Å². The average Bonchev–Trinajstić information content (AvgIpc) is 3.07. The molecule has 3 heterocycles. The van der Waals surface area contributed by atoms with Crippen molar-refractivity contribution in [3.05, 3.63) is 40.4 Å². The smallest absolute Gasteiger partial charge is 0.0981 e. The molecule has 0 saturated carbocycles. The molecule has 23 heavy (non-hydrogen) atoms. The minimum absolute atomic E-state index is 0.148. The lowest BCUT2D eigenvalue weighted by Crippen LogP contribution is -2.36. The normalized spacial score (nSPS) is 27.0. The SMILES string of the molecule is CC(C)(C)c1ccc2c(c1)C1OCCCC1C(c1csnn1)N2. The van der Waals surface area contributed by atoms with E-state index in [-0.39, 0.29) is 17.6 Å². The Morgan fingerprint density at radius 3 is 2.91 bits per heavy atom. The number of benzene rings is 1. The summed E-state index contributed by atoms with van der Waals surface area (Å²) in [4.78, 5) is 0. The molecule has 1 aromatic heterocycles. The second-order valence-corrected chi connectivity index (χ2v) is 8.21. The van der Waals surface area contributed by atoms with Crippen LogP contribution in [0.15, 0.2) is 23.6 Å². The van der Waals surface area contributed by atoms with Crippen molar-refractivity contribution in [3.8, 4) is 0 Å². The zero-order chi connectivity index (χ0) is 16.0. The molecule has 0 amide bonds. The fourth-order valence-corrected chi connectivity index (χ4v) is 4.23. The zero-order valence-corrected chi connectivity index (χ0v) is 14.7. The number of hydrogen-bond acceptors (Lipinski definition) is 5. The van der Waals surface area contributed by atoms with Gasteiger partial charge in [0.1, 0.15) is 0 Å². The van der Waals surface area contributed by atoms with Crippen LogP contribution in [0.4, 0.5) is 5.69 Å². The van der Waals surface area contributed by atoms with Gasteiger partial charge in [-0.3, -0.25) is 0 Å². The van der Waals surface area contributed by atoms with Crippen LogP contribution in [0.5, 0.6) is 0 Å². The van der Waals surface area contributed by atoms with E-state index in [1.165, 1.54) is 34.8 Å². The Kier molecular flexibility index (Phi) is 3.65. The largest absolute Gasteiger partial charge is 0.376 e. The van der Waals surface area contributed by atoms with E-state index in [1.807, 2.05) is 0 Å². The van der Waals surface area contributed by atoms with E-state index in [9.17, 15) is 0 Å². The van der Waals surface area contributed by atoms with Crippen LogP contribution in [0.3, 0.4) is 0 Å². The molecule has 5 heteroatoms. The molecule has 0 aliphatic carbocycles. The summed E-state index contributed by atoms with van der Waals surface area (Å²) in [7, 11) is 0. The predicted molar refractivity (Wildman–Crippen MR) is 92.8 cm³/mol. The summed E-state index contributed by atoms with van der Waals surface area (Å²) in [5, 5.41) is 10.1. The number of aromatic nitrogens is 2. The van der Waals surface area contributed by atoms with Crippen LogP contribution in [0.2, 0.25) is 0 Å². The molecule has 1 saturated heterocycles. The molecule has 4 rings (SSSR count). The van der Waals surface area contributed by atoms with Gasteiger partial charge in [0.25, 0.3) is 0 Å². The molecule has 0 radical (unpaired) electrons. The van der Waals surface area contributed by atoms with Gasteiger partial charge in [-0.25, -0.2) is 0 Å². The van der Waals surface area contributed by atoms with Crippen molar-refractivity contribution >= 4 is 17.2 Å². The quantitative estimate of drug-likeness (QED) is 0.838. The van der Waals surface area contributed by atoms with Gasteiger partial charge in [-0.05, 0) is 41.4 Å². The van der Waals surface area contributed by atoms with Gasteiger partial charge >= 0.3 is 0 Å². The van der Waals surface area contributed by atoms with E-state index in [0.717, 1.165) is 18.7 Å². The lowest BCUT2D eigenvalue weighted by Gasteiger charge is -2.43. The van der Waals surface area contributed by atoms with Crippen molar-refractivity contribution in [2.45, 2.75) is 51.2 Å². The summed E-state index contributed by atoms with van der Waals surface area (Å²) >= 11 is 1.42. The Balaban J connectivity index is 1.78. The number of hydrogen-bond donors (Lipinski definition) is 1. The van der Waals surface area contributed by atoms with Crippen LogP contribution >= 0.6 is 11.5 Å². The molecule has 0 spiro atoms. The second kappa shape index (κ2) is 5.56.